The third-order valence-corrected chi connectivity index (χ3v) is 4.44. The van der Waals surface area contributed by atoms with Gasteiger partial charge < -0.3 is 14.3 Å². The van der Waals surface area contributed by atoms with Crippen molar-refractivity contribution in [1.82, 2.24) is 4.98 Å². The molecule has 2 aliphatic rings. The third kappa shape index (κ3) is 2.05. The molecule has 1 atom stereocenters. The van der Waals surface area contributed by atoms with Crippen LogP contribution in [-0.4, -0.2) is 29.8 Å². The van der Waals surface area contributed by atoms with E-state index in [1.165, 1.54) is 0 Å². The molecule has 19 heavy (non-hydrogen) atoms. The average Bonchev–Trinajstić information content (AvgIpc) is 2.74. The molecule has 102 valence electrons. The Morgan fingerprint density at radius 3 is 2.53 bits per heavy atom. The number of H-pyrrole nitrogens is 1. The quantitative estimate of drug-likeness (QED) is 0.771. The molecule has 1 aromatic heterocycles. The summed E-state index contributed by atoms with van der Waals surface area (Å²) < 4.78 is 12.2. The molecule has 1 saturated heterocycles. The van der Waals surface area contributed by atoms with Crippen LogP contribution in [0.5, 0.6) is 0 Å². The van der Waals surface area contributed by atoms with E-state index in [1.807, 2.05) is 6.92 Å². The minimum atomic E-state index is -0.278. The topological polar surface area (TPSA) is 46.6 Å². The van der Waals surface area contributed by atoms with Crippen LogP contribution >= 0.6 is 0 Å². The minimum Gasteiger partial charge on any atom is -0.403 e. The zero-order chi connectivity index (χ0) is 13.8. The molecule has 1 N–H and O–H groups in total. The molecule has 0 bridgehead atoms. The van der Waals surface area contributed by atoms with Crippen LogP contribution in [0.4, 0.5) is 0 Å². The molecule has 3 rings (SSSR count). The van der Waals surface area contributed by atoms with Gasteiger partial charge in [-0.2, -0.15) is 0 Å². The maximum absolute atomic E-state index is 6.10. The van der Waals surface area contributed by atoms with Crippen LogP contribution in [0.1, 0.15) is 33.4 Å². The molecular formula is C14H21BN2O2. The van der Waals surface area contributed by atoms with Crippen molar-refractivity contribution >= 4 is 13.2 Å². The average molecular weight is 260 g/mol. The molecule has 2 aliphatic heterocycles. The summed E-state index contributed by atoms with van der Waals surface area (Å²) in [6.07, 6.45) is 2.22. The van der Waals surface area contributed by atoms with Crippen molar-refractivity contribution in [1.29, 1.82) is 0 Å². The van der Waals surface area contributed by atoms with Crippen LogP contribution in [0.15, 0.2) is 11.1 Å². The van der Waals surface area contributed by atoms with Crippen LogP contribution in [0, 0.1) is 6.92 Å². The highest BCUT2D eigenvalue weighted by Gasteiger charge is 2.53. The van der Waals surface area contributed by atoms with Crippen molar-refractivity contribution in [2.45, 2.75) is 51.6 Å². The van der Waals surface area contributed by atoms with Crippen LogP contribution < -0.4 is 10.7 Å². The summed E-state index contributed by atoms with van der Waals surface area (Å²) in [5, 5.41) is 1.16. The summed E-state index contributed by atoms with van der Waals surface area (Å²) in [7, 11) is -0.211. The lowest BCUT2D eigenvalue weighted by atomic mass is 9.71. The Labute approximate surface area is 114 Å². The van der Waals surface area contributed by atoms with Crippen molar-refractivity contribution in [2.24, 2.45) is 4.99 Å². The van der Waals surface area contributed by atoms with E-state index in [4.69, 9.17) is 9.31 Å². The zero-order valence-electron chi connectivity index (χ0n) is 12.3. The van der Waals surface area contributed by atoms with Gasteiger partial charge in [-0.3, -0.25) is 4.99 Å². The second-order valence-corrected chi connectivity index (χ2v) is 6.55. The van der Waals surface area contributed by atoms with Crippen LogP contribution in [0.2, 0.25) is 5.82 Å². The molecule has 3 heterocycles. The fourth-order valence-electron chi connectivity index (χ4n) is 2.56. The first-order chi connectivity index (χ1) is 8.78. The number of nitrogens with one attached hydrogen (secondary N) is 1. The van der Waals surface area contributed by atoms with E-state index in [9.17, 15) is 0 Å². The Balaban J connectivity index is 1.89. The Morgan fingerprint density at radius 1 is 1.26 bits per heavy atom. The van der Waals surface area contributed by atoms with Crippen molar-refractivity contribution in [2.75, 3.05) is 6.54 Å². The summed E-state index contributed by atoms with van der Waals surface area (Å²) in [5.74, 6) is 0.184. The lowest BCUT2D eigenvalue weighted by molar-refractivity contribution is 0.00578. The van der Waals surface area contributed by atoms with E-state index in [2.05, 4.69) is 49.8 Å². The fraction of sp³-hybridized carbons (Fsp3) is 0.643. The molecule has 1 fully saturated rings. The number of aryl methyl sites for hydroxylation is 1. The number of hydrogen-bond acceptors (Lipinski definition) is 3. The number of aromatic nitrogens is 1. The first kappa shape index (κ1) is 12.9. The SMILES string of the molecule is Cc1cc2c([nH]1)=NCC(B1OC(C)(C)C(C)(C)O1)C=2. The molecule has 1 unspecified atom stereocenters. The summed E-state index contributed by atoms with van der Waals surface area (Å²) in [5.41, 5.74) is 1.56. The normalized spacial score (nSPS) is 27.6. The van der Waals surface area contributed by atoms with Crippen LogP contribution in [0.3, 0.4) is 0 Å². The molecule has 0 aromatic carbocycles. The Hall–Kier alpha value is -1.07. The molecule has 5 heteroatoms. The van der Waals surface area contributed by atoms with Gasteiger partial charge in [-0.1, -0.05) is 6.08 Å². The molecule has 1 aromatic rings. The highest BCUT2D eigenvalue weighted by molar-refractivity contribution is 6.49. The van der Waals surface area contributed by atoms with Crippen molar-refractivity contribution in [3.8, 4) is 0 Å². The largest absolute Gasteiger partial charge is 0.467 e. The fourth-order valence-corrected chi connectivity index (χ4v) is 2.56. The van der Waals surface area contributed by atoms with Gasteiger partial charge in [-0.05, 0) is 40.7 Å². The van der Waals surface area contributed by atoms with Gasteiger partial charge in [-0.25, -0.2) is 0 Å². The molecule has 0 radical (unpaired) electrons. The van der Waals surface area contributed by atoms with E-state index in [1.54, 1.807) is 0 Å². The van der Waals surface area contributed by atoms with Crippen molar-refractivity contribution < 1.29 is 9.31 Å². The highest BCUT2D eigenvalue weighted by Crippen LogP contribution is 2.40. The standard InChI is InChI=1S/C14H21BN2O2/c1-9-6-10-7-11(8-16-12(10)17-9)15-18-13(2,3)14(4,5)19-15/h6-7,11H,8H2,1-5H3,(H,16,17). The lowest BCUT2D eigenvalue weighted by Gasteiger charge is -2.32. The van der Waals surface area contributed by atoms with E-state index < -0.39 is 0 Å². The van der Waals surface area contributed by atoms with E-state index >= 15 is 0 Å². The monoisotopic (exact) mass is 260 g/mol. The third-order valence-electron chi connectivity index (χ3n) is 4.44. The number of aromatic amines is 1. The molecule has 0 aliphatic carbocycles. The number of fused-ring (bicyclic) bond motifs is 1. The Bertz CT molecular complexity index is 602. The van der Waals surface area contributed by atoms with Crippen LogP contribution in [0.25, 0.3) is 6.08 Å². The predicted molar refractivity (Wildman–Crippen MR) is 75.5 cm³/mol. The zero-order valence-corrected chi connectivity index (χ0v) is 12.3. The van der Waals surface area contributed by atoms with Gasteiger partial charge in [0.05, 0.1) is 11.2 Å². The molecule has 0 spiro atoms. The molecule has 0 amide bonds. The van der Waals surface area contributed by atoms with E-state index in [-0.39, 0.29) is 24.1 Å². The smallest absolute Gasteiger partial charge is 0.403 e. The number of hydrogen-bond donors (Lipinski definition) is 1. The first-order valence-corrected chi connectivity index (χ1v) is 6.86. The van der Waals surface area contributed by atoms with Gasteiger partial charge >= 0.3 is 7.12 Å². The van der Waals surface area contributed by atoms with Gasteiger partial charge in [0.1, 0.15) is 5.49 Å². The predicted octanol–water partition coefficient (Wildman–Crippen LogP) is 1.20. The summed E-state index contributed by atoms with van der Waals surface area (Å²) in [4.78, 5) is 7.85. The van der Waals surface area contributed by atoms with E-state index in [0.717, 1.165) is 16.4 Å². The second-order valence-electron chi connectivity index (χ2n) is 6.55. The lowest BCUT2D eigenvalue weighted by Crippen LogP contribution is -2.41. The second kappa shape index (κ2) is 3.96. The summed E-state index contributed by atoms with van der Waals surface area (Å²) >= 11 is 0. The van der Waals surface area contributed by atoms with Gasteiger partial charge in [0.25, 0.3) is 0 Å². The maximum atomic E-state index is 6.10. The Morgan fingerprint density at radius 2 is 1.89 bits per heavy atom. The highest BCUT2D eigenvalue weighted by atomic mass is 16.7. The maximum Gasteiger partial charge on any atom is 0.467 e. The summed E-state index contributed by atoms with van der Waals surface area (Å²) in [6, 6.07) is 2.12. The molecule has 0 saturated carbocycles. The van der Waals surface area contributed by atoms with Gasteiger partial charge in [0, 0.05) is 23.3 Å². The van der Waals surface area contributed by atoms with Crippen molar-refractivity contribution in [3.05, 3.63) is 22.5 Å². The number of rotatable bonds is 1. The number of nitrogens with zero attached hydrogens (tertiary/aromatic N) is 1. The van der Waals surface area contributed by atoms with Gasteiger partial charge in [0.2, 0.25) is 0 Å². The first-order valence-electron chi connectivity index (χ1n) is 6.86. The van der Waals surface area contributed by atoms with Crippen molar-refractivity contribution in [3.63, 3.8) is 0 Å². The van der Waals surface area contributed by atoms with Gasteiger partial charge in [0.15, 0.2) is 0 Å². The van der Waals surface area contributed by atoms with Gasteiger partial charge in [-0.15, -0.1) is 0 Å². The van der Waals surface area contributed by atoms with E-state index in [0.29, 0.717) is 6.54 Å². The summed E-state index contributed by atoms with van der Waals surface area (Å²) in [6.45, 7) is 11.1. The minimum absolute atomic E-state index is 0.184. The molecular weight excluding hydrogens is 239 g/mol. The van der Waals surface area contributed by atoms with Crippen LogP contribution in [-0.2, 0) is 9.31 Å². The molecule has 4 nitrogen and oxygen atoms in total. The Kier molecular flexibility index (Phi) is 2.70.